The van der Waals surface area contributed by atoms with E-state index < -0.39 is 24.3 Å². The van der Waals surface area contributed by atoms with E-state index in [4.69, 9.17) is 5.11 Å². The molecule has 0 atom stereocenters. The normalized spacial score (nSPS) is 15.5. The van der Waals surface area contributed by atoms with Gasteiger partial charge in [-0.3, -0.25) is 19.3 Å². The first-order valence-corrected chi connectivity index (χ1v) is 7.43. The molecule has 2 amide bonds. The van der Waals surface area contributed by atoms with Gasteiger partial charge in [0.1, 0.15) is 6.54 Å². The molecule has 24 heavy (non-hydrogen) atoms. The van der Waals surface area contributed by atoms with E-state index >= 15 is 0 Å². The van der Waals surface area contributed by atoms with Gasteiger partial charge in [0.25, 0.3) is 11.8 Å². The van der Waals surface area contributed by atoms with Crippen molar-refractivity contribution in [2.24, 2.45) is 0 Å². The topological polar surface area (TPSA) is 74.7 Å². The number of nitrogens with zero attached hydrogens (tertiary/aromatic N) is 1. The largest absolute Gasteiger partial charge is 0.480 e. The Morgan fingerprint density at radius 2 is 1.75 bits per heavy atom. The van der Waals surface area contributed by atoms with Crippen LogP contribution in [0, 0.1) is 6.92 Å². The number of hydrogen-bond acceptors (Lipinski definition) is 3. The number of aliphatic carboxylic acids is 1. The second-order valence-corrected chi connectivity index (χ2v) is 5.61. The van der Waals surface area contributed by atoms with E-state index in [1.807, 2.05) is 31.2 Å². The molecule has 0 aromatic heterocycles. The van der Waals surface area contributed by atoms with Crippen molar-refractivity contribution < 1.29 is 19.5 Å². The van der Waals surface area contributed by atoms with E-state index in [0.29, 0.717) is 16.7 Å². The summed E-state index contributed by atoms with van der Waals surface area (Å²) in [6.07, 6.45) is 1.69. The maximum atomic E-state index is 12.7. The Morgan fingerprint density at radius 1 is 1.04 bits per heavy atom. The standard InChI is InChI=1S/C19H15NO4/c1-12-5-4-6-13(9-12)10-16-14-7-2-3-8-15(14)18(23)20(19(16)24)11-17(21)22/h2-10H,11H2,1H3,(H,21,22)/b16-10-. The number of carbonyl (C=O) groups excluding carboxylic acids is 2. The minimum Gasteiger partial charge on any atom is -0.480 e. The van der Waals surface area contributed by atoms with Crippen LogP contribution in [0.15, 0.2) is 48.5 Å². The van der Waals surface area contributed by atoms with E-state index in [1.54, 1.807) is 30.3 Å². The predicted molar refractivity (Wildman–Crippen MR) is 89.2 cm³/mol. The summed E-state index contributed by atoms with van der Waals surface area (Å²) in [7, 11) is 0. The Bertz CT molecular complexity index is 882. The summed E-state index contributed by atoms with van der Waals surface area (Å²) in [5.74, 6) is -2.41. The predicted octanol–water partition coefficient (Wildman–Crippen LogP) is 2.60. The number of amides is 2. The summed E-state index contributed by atoms with van der Waals surface area (Å²) < 4.78 is 0. The number of carbonyl (C=O) groups is 3. The Hall–Kier alpha value is -3.21. The molecule has 3 rings (SSSR count). The van der Waals surface area contributed by atoms with Gasteiger partial charge < -0.3 is 5.11 Å². The van der Waals surface area contributed by atoms with Crippen molar-refractivity contribution in [1.29, 1.82) is 0 Å². The van der Waals surface area contributed by atoms with Gasteiger partial charge in [-0.2, -0.15) is 0 Å². The van der Waals surface area contributed by atoms with Crippen molar-refractivity contribution in [3.63, 3.8) is 0 Å². The van der Waals surface area contributed by atoms with Gasteiger partial charge in [0, 0.05) is 11.1 Å². The highest BCUT2D eigenvalue weighted by Crippen LogP contribution is 2.30. The van der Waals surface area contributed by atoms with Crippen molar-refractivity contribution >= 4 is 29.4 Å². The Kier molecular flexibility index (Phi) is 4.00. The lowest BCUT2D eigenvalue weighted by Crippen LogP contribution is -2.44. The lowest BCUT2D eigenvalue weighted by Gasteiger charge is -2.27. The summed E-state index contributed by atoms with van der Waals surface area (Å²) in [6, 6.07) is 14.3. The minimum atomic E-state index is -1.23. The quantitative estimate of drug-likeness (QED) is 0.696. The third-order valence-corrected chi connectivity index (χ3v) is 3.81. The van der Waals surface area contributed by atoms with Crippen LogP contribution in [0.1, 0.15) is 27.0 Å². The van der Waals surface area contributed by atoms with Crippen LogP contribution in [0.5, 0.6) is 0 Å². The first kappa shape index (κ1) is 15.7. The van der Waals surface area contributed by atoms with Crippen LogP contribution in [-0.4, -0.2) is 34.3 Å². The van der Waals surface area contributed by atoms with Gasteiger partial charge in [-0.15, -0.1) is 0 Å². The maximum Gasteiger partial charge on any atom is 0.323 e. The SMILES string of the molecule is Cc1cccc(/C=C2\C(=O)N(CC(=O)O)C(=O)c3ccccc32)c1. The van der Waals surface area contributed by atoms with Gasteiger partial charge in [-0.1, -0.05) is 48.0 Å². The van der Waals surface area contributed by atoms with Crippen LogP contribution >= 0.6 is 0 Å². The zero-order chi connectivity index (χ0) is 17.3. The maximum absolute atomic E-state index is 12.7. The van der Waals surface area contributed by atoms with Gasteiger partial charge in [-0.25, -0.2) is 0 Å². The van der Waals surface area contributed by atoms with Crippen LogP contribution < -0.4 is 0 Å². The first-order valence-electron chi connectivity index (χ1n) is 7.43. The first-order chi connectivity index (χ1) is 11.5. The molecular formula is C19H15NO4. The Labute approximate surface area is 138 Å². The molecule has 5 nitrogen and oxygen atoms in total. The zero-order valence-corrected chi connectivity index (χ0v) is 13.0. The zero-order valence-electron chi connectivity index (χ0n) is 13.0. The fraction of sp³-hybridized carbons (Fsp3) is 0.105. The van der Waals surface area contributed by atoms with E-state index in [-0.39, 0.29) is 0 Å². The van der Waals surface area contributed by atoms with Crippen molar-refractivity contribution in [1.82, 2.24) is 4.90 Å². The van der Waals surface area contributed by atoms with Crippen LogP contribution in [0.25, 0.3) is 11.6 Å². The average molecular weight is 321 g/mol. The van der Waals surface area contributed by atoms with E-state index in [0.717, 1.165) is 16.0 Å². The van der Waals surface area contributed by atoms with Crippen LogP contribution in [-0.2, 0) is 9.59 Å². The number of carboxylic acids is 1. The highest BCUT2D eigenvalue weighted by atomic mass is 16.4. The van der Waals surface area contributed by atoms with Gasteiger partial charge in [0.15, 0.2) is 0 Å². The fourth-order valence-electron chi connectivity index (χ4n) is 2.75. The number of hydrogen-bond donors (Lipinski definition) is 1. The fourth-order valence-corrected chi connectivity index (χ4v) is 2.75. The van der Waals surface area contributed by atoms with Gasteiger partial charge in [-0.05, 0) is 30.2 Å². The van der Waals surface area contributed by atoms with E-state index in [1.165, 1.54) is 0 Å². The molecule has 1 aliphatic rings. The molecule has 0 fully saturated rings. The van der Waals surface area contributed by atoms with Gasteiger partial charge in [0.2, 0.25) is 0 Å². The molecule has 120 valence electrons. The number of imide groups is 1. The molecule has 2 aromatic rings. The summed E-state index contributed by atoms with van der Waals surface area (Å²) in [5, 5.41) is 9.00. The number of aryl methyl sites for hydroxylation is 1. The van der Waals surface area contributed by atoms with Crippen molar-refractivity contribution in [2.45, 2.75) is 6.92 Å². The molecule has 0 radical (unpaired) electrons. The van der Waals surface area contributed by atoms with E-state index in [9.17, 15) is 14.4 Å². The summed E-state index contributed by atoms with van der Waals surface area (Å²) >= 11 is 0. The summed E-state index contributed by atoms with van der Waals surface area (Å²) in [4.78, 5) is 36.9. The molecule has 0 saturated heterocycles. The molecule has 0 spiro atoms. The lowest BCUT2D eigenvalue weighted by atomic mass is 9.92. The Morgan fingerprint density at radius 3 is 2.42 bits per heavy atom. The highest BCUT2D eigenvalue weighted by molar-refractivity contribution is 6.34. The highest BCUT2D eigenvalue weighted by Gasteiger charge is 2.35. The number of rotatable bonds is 3. The molecule has 2 aromatic carbocycles. The summed E-state index contributed by atoms with van der Waals surface area (Å²) in [6.45, 7) is 1.29. The molecule has 1 aliphatic heterocycles. The molecule has 5 heteroatoms. The molecule has 0 bridgehead atoms. The number of fused-ring (bicyclic) bond motifs is 1. The lowest BCUT2D eigenvalue weighted by molar-refractivity contribution is -0.141. The van der Waals surface area contributed by atoms with Crippen molar-refractivity contribution in [2.75, 3.05) is 6.54 Å². The molecule has 0 saturated carbocycles. The van der Waals surface area contributed by atoms with Crippen LogP contribution in [0.3, 0.4) is 0 Å². The van der Waals surface area contributed by atoms with Crippen molar-refractivity contribution in [3.8, 4) is 0 Å². The van der Waals surface area contributed by atoms with Crippen molar-refractivity contribution in [3.05, 3.63) is 70.8 Å². The Balaban J connectivity index is 2.16. The van der Waals surface area contributed by atoms with Crippen LogP contribution in [0.2, 0.25) is 0 Å². The smallest absolute Gasteiger partial charge is 0.323 e. The second kappa shape index (κ2) is 6.12. The van der Waals surface area contributed by atoms with Gasteiger partial charge in [0.05, 0.1) is 0 Å². The second-order valence-electron chi connectivity index (χ2n) is 5.61. The summed E-state index contributed by atoms with van der Waals surface area (Å²) in [5.41, 5.74) is 3.03. The molecule has 0 unspecified atom stereocenters. The number of benzene rings is 2. The van der Waals surface area contributed by atoms with Gasteiger partial charge >= 0.3 is 5.97 Å². The third-order valence-electron chi connectivity index (χ3n) is 3.81. The molecule has 1 N–H and O–H groups in total. The minimum absolute atomic E-state index is 0.317. The average Bonchev–Trinajstić information content (AvgIpc) is 2.55. The third kappa shape index (κ3) is 2.84. The molecule has 0 aliphatic carbocycles. The monoisotopic (exact) mass is 321 g/mol. The number of carboxylic acid groups (broad SMARTS) is 1. The molecule has 1 heterocycles. The van der Waals surface area contributed by atoms with E-state index in [2.05, 4.69) is 0 Å². The molecular weight excluding hydrogens is 306 g/mol. The van der Waals surface area contributed by atoms with Crippen LogP contribution in [0.4, 0.5) is 0 Å².